The Bertz CT molecular complexity index is 440. The van der Waals surface area contributed by atoms with Crippen LogP contribution in [-0.4, -0.2) is 11.8 Å². The van der Waals surface area contributed by atoms with E-state index in [1.54, 1.807) is 6.08 Å². The van der Waals surface area contributed by atoms with Gasteiger partial charge in [0.15, 0.2) is 0 Å². The summed E-state index contributed by atoms with van der Waals surface area (Å²) in [7, 11) is -3.16. The highest BCUT2D eigenvalue weighted by Crippen LogP contribution is 2.57. The lowest BCUT2D eigenvalue weighted by Crippen LogP contribution is -2.12. The number of benzene rings is 1. The maximum absolute atomic E-state index is 12.8. The molecule has 3 nitrogen and oxygen atoms in total. The lowest BCUT2D eigenvalue weighted by molar-refractivity contribution is 0.142. The van der Waals surface area contributed by atoms with Crippen LogP contribution in [0.5, 0.6) is 0 Å². The van der Waals surface area contributed by atoms with Crippen LogP contribution in [0.1, 0.15) is 39.4 Å². The Kier molecular flexibility index (Phi) is 5.99. The summed E-state index contributed by atoms with van der Waals surface area (Å²) >= 11 is 0. The summed E-state index contributed by atoms with van der Waals surface area (Å²) < 4.78 is 24.1. The van der Waals surface area contributed by atoms with Crippen LogP contribution >= 0.6 is 7.60 Å². The Hall–Kier alpha value is -0.890. The Balaban J connectivity index is 2.94. The highest BCUT2D eigenvalue weighted by atomic mass is 31.2. The second kappa shape index (κ2) is 7.04. The molecule has 0 saturated carbocycles. The quantitative estimate of drug-likeness (QED) is 0.524. The van der Waals surface area contributed by atoms with Gasteiger partial charge in [-0.25, -0.2) is 0 Å². The average Bonchev–Trinajstić information content (AvgIpc) is 2.36. The number of hydrogen-bond donors (Lipinski definition) is 0. The second-order valence-corrected chi connectivity index (χ2v) is 7.49. The van der Waals surface area contributed by atoms with E-state index in [0.717, 1.165) is 5.56 Å². The van der Waals surface area contributed by atoms with E-state index in [-0.39, 0.29) is 11.8 Å². The molecule has 0 aromatic heterocycles. The molecule has 0 N–H and O–H groups in total. The summed E-state index contributed by atoms with van der Waals surface area (Å²) in [5, 5.41) is 0. The van der Waals surface area contributed by atoms with Gasteiger partial charge in [0, 0.05) is 0 Å². The van der Waals surface area contributed by atoms with E-state index in [4.69, 9.17) is 9.05 Å². The summed E-state index contributed by atoms with van der Waals surface area (Å²) in [5.74, 6) is 0. The zero-order chi connectivity index (χ0) is 14.5. The van der Waals surface area contributed by atoms with Gasteiger partial charge in [-0.1, -0.05) is 50.3 Å². The molecule has 0 bridgehead atoms. The molecular formula is C15H23O3P. The van der Waals surface area contributed by atoms with Gasteiger partial charge < -0.3 is 4.52 Å². The SMILES string of the molecule is C=CC(OP(=O)(OC(C)C)C(C)C)c1ccccc1. The van der Waals surface area contributed by atoms with Crippen molar-refractivity contribution in [1.82, 2.24) is 0 Å². The molecule has 0 aliphatic rings. The van der Waals surface area contributed by atoms with Gasteiger partial charge in [0.05, 0.1) is 11.8 Å². The first-order chi connectivity index (χ1) is 8.89. The Labute approximate surface area is 116 Å². The van der Waals surface area contributed by atoms with Crippen LogP contribution in [0.25, 0.3) is 0 Å². The summed E-state index contributed by atoms with van der Waals surface area (Å²) in [5.41, 5.74) is 0.729. The van der Waals surface area contributed by atoms with Crippen LogP contribution in [0, 0.1) is 0 Å². The van der Waals surface area contributed by atoms with Gasteiger partial charge in [-0.05, 0) is 19.4 Å². The van der Waals surface area contributed by atoms with Crippen LogP contribution in [0.15, 0.2) is 43.0 Å². The van der Waals surface area contributed by atoms with Crippen molar-refractivity contribution < 1.29 is 13.6 Å². The molecule has 1 aromatic carbocycles. The monoisotopic (exact) mass is 282 g/mol. The molecule has 0 spiro atoms. The third kappa shape index (κ3) is 4.61. The third-order valence-electron chi connectivity index (χ3n) is 2.59. The Morgan fingerprint density at radius 1 is 1.11 bits per heavy atom. The van der Waals surface area contributed by atoms with Crippen LogP contribution in [0.4, 0.5) is 0 Å². The van der Waals surface area contributed by atoms with Crippen molar-refractivity contribution >= 4 is 7.60 Å². The van der Waals surface area contributed by atoms with Crippen molar-refractivity contribution in [2.75, 3.05) is 0 Å². The minimum absolute atomic E-state index is 0.144. The standard InChI is InChI=1S/C15H23O3P/c1-6-15(14-10-8-7-9-11-14)18-19(16,13(4)5)17-12(2)3/h6-13,15H,1H2,2-5H3. The fourth-order valence-electron chi connectivity index (χ4n) is 1.60. The molecule has 1 rings (SSSR count). The van der Waals surface area contributed by atoms with Gasteiger partial charge in [0.25, 0.3) is 0 Å². The van der Waals surface area contributed by atoms with Crippen molar-refractivity contribution in [2.45, 2.75) is 45.6 Å². The normalized spacial score (nSPS) is 16.3. The summed E-state index contributed by atoms with van der Waals surface area (Å²) in [6, 6.07) is 9.60. The van der Waals surface area contributed by atoms with Crippen LogP contribution in [-0.2, 0) is 13.6 Å². The van der Waals surface area contributed by atoms with E-state index < -0.39 is 13.7 Å². The molecule has 4 heteroatoms. The van der Waals surface area contributed by atoms with Gasteiger partial charge in [0.2, 0.25) is 0 Å². The van der Waals surface area contributed by atoms with E-state index in [0.29, 0.717) is 0 Å². The maximum Gasteiger partial charge on any atom is 0.334 e. The van der Waals surface area contributed by atoms with Crippen molar-refractivity contribution in [3.8, 4) is 0 Å². The van der Waals surface area contributed by atoms with Crippen LogP contribution in [0.2, 0.25) is 0 Å². The minimum atomic E-state index is -3.16. The second-order valence-electron chi connectivity index (χ2n) is 4.96. The van der Waals surface area contributed by atoms with E-state index >= 15 is 0 Å². The number of rotatable bonds is 7. The molecule has 0 amide bonds. The fraction of sp³-hybridized carbons (Fsp3) is 0.467. The largest absolute Gasteiger partial charge is 0.334 e. The van der Waals surface area contributed by atoms with Gasteiger partial charge in [-0.15, -0.1) is 6.58 Å². The molecule has 2 atom stereocenters. The molecule has 1 aromatic rings. The van der Waals surface area contributed by atoms with E-state index in [1.165, 1.54) is 0 Å². The van der Waals surface area contributed by atoms with Crippen LogP contribution < -0.4 is 0 Å². The zero-order valence-corrected chi connectivity index (χ0v) is 13.0. The van der Waals surface area contributed by atoms with Crippen molar-refractivity contribution in [3.05, 3.63) is 48.6 Å². The summed E-state index contributed by atoms with van der Waals surface area (Å²) in [6.45, 7) is 11.1. The van der Waals surface area contributed by atoms with Gasteiger partial charge >= 0.3 is 7.60 Å². The molecule has 0 saturated heterocycles. The first kappa shape index (κ1) is 16.2. The summed E-state index contributed by atoms with van der Waals surface area (Å²) in [6.07, 6.45) is 1.08. The van der Waals surface area contributed by atoms with E-state index in [9.17, 15) is 4.57 Å². The fourth-order valence-corrected chi connectivity index (χ4v) is 3.25. The molecule has 0 fully saturated rings. The lowest BCUT2D eigenvalue weighted by Gasteiger charge is -2.27. The lowest BCUT2D eigenvalue weighted by atomic mass is 10.1. The Morgan fingerprint density at radius 3 is 2.11 bits per heavy atom. The van der Waals surface area contributed by atoms with Crippen molar-refractivity contribution in [3.63, 3.8) is 0 Å². The van der Waals surface area contributed by atoms with Gasteiger partial charge in [-0.2, -0.15) is 0 Å². The first-order valence-electron chi connectivity index (χ1n) is 6.53. The van der Waals surface area contributed by atoms with E-state index in [1.807, 2.05) is 58.0 Å². The minimum Gasteiger partial charge on any atom is -0.306 e. The predicted octanol–water partition coefficient (Wildman–Crippen LogP) is 4.96. The van der Waals surface area contributed by atoms with Gasteiger partial charge in [0.1, 0.15) is 6.10 Å². The van der Waals surface area contributed by atoms with Crippen molar-refractivity contribution in [2.24, 2.45) is 0 Å². The highest BCUT2D eigenvalue weighted by Gasteiger charge is 2.33. The predicted molar refractivity (Wildman–Crippen MR) is 79.4 cm³/mol. The molecule has 2 unspecified atom stereocenters. The first-order valence-corrected chi connectivity index (χ1v) is 8.14. The topological polar surface area (TPSA) is 35.5 Å². The molecular weight excluding hydrogens is 259 g/mol. The Morgan fingerprint density at radius 2 is 1.68 bits per heavy atom. The zero-order valence-electron chi connectivity index (χ0n) is 12.1. The third-order valence-corrected chi connectivity index (χ3v) is 5.09. The smallest absolute Gasteiger partial charge is 0.306 e. The van der Waals surface area contributed by atoms with Crippen LogP contribution in [0.3, 0.4) is 0 Å². The van der Waals surface area contributed by atoms with Crippen molar-refractivity contribution in [1.29, 1.82) is 0 Å². The molecule has 0 radical (unpaired) electrons. The number of hydrogen-bond acceptors (Lipinski definition) is 3. The maximum atomic E-state index is 12.8. The molecule has 0 aliphatic carbocycles. The van der Waals surface area contributed by atoms with Gasteiger partial charge in [-0.3, -0.25) is 9.09 Å². The molecule has 0 aliphatic heterocycles. The molecule has 19 heavy (non-hydrogen) atoms. The molecule has 0 heterocycles. The molecule has 106 valence electrons. The highest BCUT2D eigenvalue weighted by molar-refractivity contribution is 7.54. The summed E-state index contributed by atoms with van der Waals surface area (Å²) in [4.78, 5) is 0. The van der Waals surface area contributed by atoms with E-state index in [2.05, 4.69) is 6.58 Å². The average molecular weight is 282 g/mol.